The molecule has 6 aromatic rings. The van der Waals surface area contributed by atoms with Gasteiger partial charge in [-0.15, -0.1) is 0 Å². The summed E-state index contributed by atoms with van der Waals surface area (Å²) in [5.41, 5.74) is 3.80. The van der Waals surface area contributed by atoms with Gasteiger partial charge in [0.05, 0.1) is 16.6 Å². The van der Waals surface area contributed by atoms with Crippen LogP contribution in [0.15, 0.2) is 120 Å². The molecule has 13 heteroatoms. The van der Waals surface area contributed by atoms with Crippen LogP contribution in [0.2, 0.25) is 0 Å². The third-order valence-electron chi connectivity index (χ3n) is 9.68. The zero-order valence-electron chi connectivity index (χ0n) is 28.7. The fraction of sp³-hybridized carbons (Fsp3) is 0.195. The Hall–Kier alpha value is -5.56. The van der Waals surface area contributed by atoms with E-state index in [0.29, 0.717) is 51.6 Å². The van der Waals surface area contributed by atoms with Crippen LogP contribution in [-0.4, -0.2) is 40.3 Å². The second-order valence-corrected chi connectivity index (χ2v) is 13.7. The molecule has 0 saturated heterocycles. The Morgan fingerprint density at radius 1 is 0.778 bits per heavy atom. The Morgan fingerprint density at radius 3 is 2.00 bits per heavy atom. The molecule has 5 aromatic carbocycles. The SMILES string of the molecule is CSc1nc2cc(NC(=O)c3ccccc3-c3ccc(C(F)(F)F)cc3)ccc2n1CCCC1(C(=O)NCC(F)(F)F)c2ccccc2-c2ccccc21. The van der Waals surface area contributed by atoms with Crippen molar-refractivity contribution in [1.82, 2.24) is 14.9 Å². The molecule has 0 atom stereocenters. The summed E-state index contributed by atoms with van der Waals surface area (Å²) in [6.07, 6.45) is -6.55. The van der Waals surface area contributed by atoms with E-state index in [1.807, 2.05) is 41.2 Å². The number of hydrogen-bond acceptors (Lipinski definition) is 4. The van der Waals surface area contributed by atoms with Crippen molar-refractivity contribution in [2.24, 2.45) is 0 Å². The summed E-state index contributed by atoms with van der Waals surface area (Å²) in [7, 11) is 0. The molecular formula is C41H32F6N4O2S. The average molecular weight is 759 g/mol. The second kappa shape index (κ2) is 14.3. The number of halogens is 6. The Balaban J connectivity index is 1.14. The van der Waals surface area contributed by atoms with Gasteiger partial charge in [-0.25, -0.2) is 4.98 Å². The fourth-order valence-corrected chi connectivity index (χ4v) is 7.91. The van der Waals surface area contributed by atoms with Gasteiger partial charge in [0.25, 0.3) is 5.91 Å². The number of nitrogens with one attached hydrogen (secondary N) is 2. The molecule has 1 aliphatic rings. The van der Waals surface area contributed by atoms with E-state index in [1.54, 1.807) is 60.7 Å². The zero-order chi connectivity index (χ0) is 38.3. The first-order chi connectivity index (χ1) is 25.8. The predicted octanol–water partition coefficient (Wildman–Crippen LogP) is 10.1. The van der Waals surface area contributed by atoms with Crippen LogP contribution in [0.4, 0.5) is 32.0 Å². The molecule has 0 unspecified atom stereocenters. The van der Waals surface area contributed by atoms with E-state index in [1.165, 1.54) is 23.9 Å². The number of imidazole rings is 1. The lowest BCUT2D eigenvalue weighted by Gasteiger charge is -2.31. The minimum absolute atomic E-state index is 0.227. The van der Waals surface area contributed by atoms with E-state index < -0.39 is 41.7 Å². The molecule has 6 nitrogen and oxygen atoms in total. The molecule has 7 rings (SSSR count). The number of thioether (sulfide) groups is 1. The van der Waals surface area contributed by atoms with Crippen LogP contribution in [0, 0.1) is 0 Å². The molecule has 0 fully saturated rings. The number of carbonyl (C=O) groups excluding carboxylic acids is 2. The van der Waals surface area contributed by atoms with Gasteiger partial charge in [0.1, 0.15) is 12.0 Å². The maximum absolute atomic E-state index is 13.9. The number of benzene rings is 5. The van der Waals surface area contributed by atoms with Crippen LogP contribution < -0.4 is 10.6 Å². The van der Waals surface area contributed by atoms with E-state index in [9.17, 15) is 35.9 Å². The normalized spacial score (nSPS) is 13.4. The van der Waals surface area contributed by atoms with Crippen LogP contribution >= 0.6 is 11.8 Å². The summed E-state index contributed by atoms with van der Waals surface area (Å²) in [6, 6.07) is 31.1. The molecule has 0 aliphatic heterocycles. The van der Waals surface area contributed by atoms with Crippen molar-refractivity contribution in [1.29, 1.82) is 0 Å². The first-order valence-corrected chi connectivity index (χ1v) is 18.2. The molecule has 276 valence electrons. The Kier molecular flexibility index (Phi) is 9.77. The lowest BCUT2D eigenvalue weighted by Crippen LogP contribution is -2.47. The molecule has 0 spiro atoms. The number of anilines is 1. The van der Waals surface area contributed by atoms with Gasteiger partial charge in [0.15, 0.2) is 5.16 Å². The quantitative estimate of drug-likeness (QED) is 0.108. The first-order valence-electron chi connectivity index (χ1n) is 17.0. The van der Waals surface area contributed by atoms with Gasteiger partial charge in [-0.1, -0.05) is 90.6 Å². The number of alkyl halides is 6. The predicted molar refractivity (Wildman–Crippen MR) is 197 cm³/mol. The largest absolute Gasteiger partial charge is 0.416 e. The number of hydrogen-bond donors (Lipinski definition) is 2. The maximum atomic E-state index is 13.9. The summed E-state index contributed by atoms with van der Waals surface area (Å²) in [4.78, 5) is 32.2. The molecule has 0 radical (unpaired) electrons. The maximum Gasteiger partial charge on any atom is 0.416 e. The molecule has 2 amide bonds. The lowest BCUT2D eigenvalue weighted by molar-refractivity contribution is -0.141. The molecule has 0 saturated carbocycles. The molecular weight excluding hydrogens is 727 g/mol. The molecule has 54 heavy (non-hydrogen) atoms. The second-order valence-electron chi connectivity index (χ2n) is 12.9. The van der Waals surface area contributed by atoms with Crippen molar-refractivity contribution < 1.29 is 35.9 Å². The molecule has 1 aliphatic carbocycles. The summed E-state index contributed by atoms with van der Waals surface area (Å²) in [6.45, 7) is -1.04. The van der Waals surface area contributed by atoms with Gasteiger partial charge >= 0.3 is 12.4 Å². The van der Waals surface area contributed by atoms with Crippen molar-refractivity contribution in [3.8, 4) is 22.3 Å². The zero-order valence-corrected chi connectivity index (χ0v) is 29.5. The van der Waals surface area contributed by atoms with Gasteiger partial charge in [-0.3, -0.25) is 9.59 Å². The van der Waals surface area contributed by atoms with Crippen LogP contribution in [0.25, 0.3) is 33.3 Å². The smallest absolute Gasteiger partial charge is 0.346 e. The standard InChI is InChI=1S/C41H32F6N4O2S/c1-54-38-50-34-23-27(49-36(52)31-12-3-2-9-28(31)25-15-17-26(18-16-25)41(45,46)47)19-20-35(34)51(38)22-8-21-39(37(53)48-24-40(42,43)44)32-13-6-4-10-29(32)30-11-5-7-14-33(30)39/h2-7,9-20,23H,8,21-22,24H2,1H3,(H,48,53)(H,49,52). The van der Waals surface area contributed by atoms with Crippen LogP contribution in [-0.2, 0) is 22.9 Å². The topological polar surface area (TPSA) is 76.0 Å². The highest BCUT2D eigenvalue weighted by atomic mass is 32.2. The van der Waals surface area contributed by atoms with Gasteiger partial charge < -0.3 is 15.2 Å². The summed E-state index contributed by atoms with van der Waals surface area (Å²) in [5.74, 6) is -1.17. The van der Waals surface area contributed by atoms with Crippen molar-refractivity contribution in [2.75, 3.05) is 18.1 Å². The summed E-state index contributed by atoms with van der Waals surface area (Å²) >= 11 is 1.41. The number of aromatic nitrogens is 2. The number of aryl methyl sites for hydroxylation is 1. The van der Waals surface area contributed by atoms with E-state index in [4.69, 9.17) is 4.98 Å². The van der Waals surface area contributed by atoms with Gasteiger partial charge in [-0.2, -0.15) is 26.3 Å². The van der Waals surface area contributed by atoms with Gasteiger partial charge in [0.2, 0.25) is 5.91 Å². The van der Waals surface area contributed by atoms with Crippen molar-refractivity contribution in [3.63, 3.8) is 0 Å². The van der Waals surface area contributed by atoms with Crippen LogP contribution in [0.1, 0.15) is 39.9 Å². The Bertz CT molecular complexity index is 2320. The van der Waals surface area contributed by atoms with E-state index in [2.05, 4.69) is 10.6 Å². The van der Waals surface area contributed by atoms with Gasteiger partial charge in [-0.05, 0) is 88.9 Å². The Labute approximate surface area is 310 Å². The molecule has 0 bridgehead atoms. The highest BCUT2D eigenvalue weighted by Crippen LogP contribution is 2.51. The minimum atomic E-state index is -4.58. The highest BCUT2D eigenvalue weighted by molar-refractivity contribution is 7.98. The van der Waals surface area contributed by atoms with Crippen molar-refractivity contribution in [2.45, 2.75) is 42.3 Å². The van der Waals surface area contributed by atoms with Crippen molar-refractivity contribution in [3.05, 3.63) is 138 Å². The molecule has 1 aromatic heterocycles. The van der Waals surface area contributed by atoms with Crippen LogP contribution in [0.5, 0.6) is 0 Å². The van der Waals surface area contributed by atoms with E-state index in [-0.39, 0.29) is 12.0 Å². The fourth-order valence-electron chi connectivity index (χ4n) is 7.31. The van der Waals surface area contributed by atoms with Crippen molar-refractivity contribution >= 4 is 40.3 Å². The number of carbonyl (C=O) groups is 2. The Morgan fingerprint density at radius 2 is 1.39 bits per heavy atom. The van der Waals surface area contributed by atoms with E-state index in [0.717, 1.165) is 28.8 Å². The third-order valence-corrected chi connectivity index (χ3v) is 10.4. The molecule has 1 heterocycles. The monoisotopic (exact) mass is 758 g/mol. The number of fused-ring (bicyclic) bond motifs is 4. The first kappa shape index (κ1) is 36.8. The van der Waals surface area contributed by atoms with Gasteiger partial charge in [0, 0.05) is 17.8 Å². The number of nitrogens with zero attached hydrogens (tertiary/aromatic N) is 2. The average Bonchev–Trinajstić information content (AvgIpc) is 3.66. The lowest BCUT2D eigenvalue weighted by atomic mass is 9.73. The van der Waals surface area contributed by atoms with Crippen LogP contribution in [0.3, 0.4) is 0 Å². The highest BCUT2D eigenvalue weighted by Gasteiger charge is 2.49. The number of rotatable bonds is 10. The number of amides is 2. The summed E-state index contributed by atoms with van der Waals surface area (Å²) in [5, 5.41) is 5.73. The van der Waals surface area contributed by atoms with E-state index >= 15 is 0 Å². The molecule has 2 N–H and O–H groups in total. The third kappa shape index (κ3) is 6.95. The summed E-state index contributed by atoms with van der Waals surface area (Å²) < 4.78 is 81.4. The minimum Gasteiger partial charge on any atom is -0.346 e.